The zero-order valence-electron chi connectivity index (χ0n) is 19.1. The Kier molecular flexibility index (Phi) is 7.30. The molecule has 0 radical (unpaired) electrons. The lowest BCUT2D eigenvalue weighted by Crippen LogP contribution is -2.67. The average Bonchev–Trinajstić information content (AvgIpc) is 2.72. The van der Waals surface area contributed by atoms with Gasteiger partial charge in [0.05, 0.1) is 17.7 Å². The van der Waals surface area contributed by atoms with Crippen molar-refractivity contribution in [2.24, 2.45) is 4.99 Å². The predicted octanol–water partition coefficient (Wildman–Crippen LogP) is 3.94. The van der Waals surface area contributed by atoms with Crippen LogP contribution in [0.1, 0.15) is 58.1 Å². The molecule has 1 heterocycles. The van der Waals surface area contributed by atoms with Crippen LogP contribution in [0, 0.1) is 6.92 Å². The Morgan fingerprint density at radius 3 is 2.60 bits per heavy atom. The third-order valence-electron chi connectivity index (χ3n) is 6.52. The van der Waals surface area contributed by atoms with Crippen LogP contribution in [0.15, 0.2) is 35.3 Å². The third kappa shape index (κ3) is 4.15. The van der Waals surface area contributed by atoms with Crippen LogP contribution in [-0.2, 0) is 16.0 Å². The lowest BCUT2D eigenvalue weighted by atomic mass is 10.0. The number of ether oxygens (including phenoxy) is 1. The fourth-order valence-electron chi connectivity index (χ4n) is 5.03. The van der Waals surface area contributed by atoms with Crippen molar-refractivity contribution in [1.82, 2.24) is 0 Å². The Morgan fingerprint density at radius 2 is 1.93 bits per heavy atom. The lowest BCUT2D eigenvalue weighted by molar-refractivity contribution is -0.128. The van der Waals surface area contributed by atoms with Gasteiger partial charge in [0.15, 0.2) is 0 Å². The van der Waals surface area contributed by atoms with Gasteiger partial charge in [0.2, 0.25) is 0 Å². The second-order valence-electron chi connectivity index (χ2n) is 8.74. The van der Waals surface area contributed by atoms with E-state index in [4.69, 9.17) is 9.73 Å². The van der Waals surface area contributed by atoms with Crippen molar-refractivity contribution < 1.29 is 9.53 Å². The van der Waals surface area contributed by atoms with E-state index >= 15 is 0 Å². The zero-order chi connectivity index (χ0) is 21.7. The summed E-state index contributed by atoms with van der Waals surface area (Å²) in [5.74, 6) is 0. The Morgan fingerprint density at radius 1 is 1.13 bits per heavy atom. The number of rotatable bonds is 9. The molecule has 1 unspecified atom stereocenters. The van der Waals surface area contributed by atoms with Gasteiger partial charge in [-0.1, -0.05) is 58.4 Å². The number of carbonyl (C=O) groups is 1. The van der Waals surface area contributed by atoms with Crippen molar-refractivity contribution in [2.75, 3.05) is 6.61 Å². The normalized spacial score (nSPS) is 18.0. The van der Waals surface area contributed by atoms with Gasteiger partial charge in [-0.2, -0.15) is 0 Å². The fraction of sp³-hybridized carbons (Fsp3) is 0.462. The molecule has 0 fully saturated rings. The number of fused-ring (bicyclic) bond motifs is 2. The summed E-state index contributed by atoms with van der Waals surface area (Å²) in [7, 11) is -2.10. The number of aryl methyl sites for hydroxylation is 2. The molecule has 0 saturated heterocycles. The summed E-state index contributed by atoms with van der Waals surface area (Å²) in [5, 5.41) is 5.34. The van der Waals surface area contributed by atoms with Crippen LogP contribution in [0.25, 0.3) is 6.08 Å². The molecule has 160 valence electrons. The van der Waals surface area contributed by atoms with Crippen LogP contribution in [0.4, 0.5) is 5.69 Å². The molecule has 30 heavy (non-hydrogen) atoms. The van der Waals surface area contributed by atoms with Crippen molar-refractivity contribution in [3.05, 3.63) is 52.0 Å². The Bertz CT molecular complexity index is 1030. The van der Waals surface area contributed by atoms with E-state index in [9.17, 15) is 4.79 Å². The SMILES string of the molecule is CC/C=c1\ccc2c(c1)[Si](CCCOC=O)(C(C)C)c1cc(CCC)c(C)cc1N=2. The first-order valence-electron chi connectivity index (χ1n) is 11.4. The van der Waals surface area contributed by atoms with E-state index in [1.54, 1.807) is 0 Å². The van der Waals surface area contributed by atoms with Gasteiger partial charge in [-0.3, -0.25) is 4.79 Å². The first-order chi connectivity index (χ1) is 14.5. The molecule has 2 aromatic carbocycles. The van der Waals surface area contributed by atoms with Gasteiger partial charge in [0.25, 0.3) is 6.47 Å². The van der Waals surface area contributed by atoms with Crippen molar-refractivity contribution in [1.29, 1.82) is 0 Å². The fourth-order valence-corrected chi connectivity index (χ4v) is 10.4. The molecule has 2 aromatic rings. The van der Waals surface area contributed by atoms with Crippen LogP contribution in [0.2, 0.25) is 11.6 Å². The number of nitrogens with zero attached hydrogens (tertiary/aromatic N) is 1. The molecule has 3 nitrogen and oxygen atoms in total. The minimum atomic E-state index is -2.10. The Hall–Kier alpha value is -2.20. The quantitative estimate of drug-likeness (QED) is 0.349. The molecule has 1 aliphatic heterocycles. The van der Waals surface area contributed by atoms with E-state index in [2.05, 4.69) is 71.0 Å². The van der Waals surface area contributed by atoms with Gasteiger partial charge in [0, 0.05) is 0 Å². The molecular weight excluding hydrogens is 386 g/mol. The van der Waals surface area contributed by atoms with Crippen LogP contribution >= 0.6 is 0 Å². The van der Waals surface area contributed by atoms with Gasteiger partial charge in [-0.15, -0.1) is 0 Å². The second kappa shape index (κ2) is 9.74. The molecule has 1 atom stereocenters. The predicted molar refractivity (Wildman–Crippen MR) is 128 cm³/mol. The Labute approximate surface area is 181 Å². The number of carbonyl (C=O) groups excluding carboxylic acids is 1. The molecule has 0 bridgehead atoms. The van der Waals surface area contributed by atoms with Gasteiger partial charge >= 0.3 is 0 Å². The summed E-state index contributed by atoms with van der Waals surface area (Å²) in [4.78, 5) is 15.8. The van der Waals surface area contributed by atoms with Crippen LogP contribution < -0.4 is 20.9 Å². The van der Waals surface area contributed by atoms with E-state index in [0.29, 0.717) is 18.6 Å². The molecule has 0 aromatic heterocycles. The van der Waals surface area contributed by atoms with E-state index in [1.165, 1.54) is 26.7 Å². The van der Waals surface area contributed by atoms with Crippen molar-refractivity contribution >= 4 is 36.7 Å². The summed E-state index contributed by atoms with van der Waals surface area (Å²) >= 11 is 0. The monoisotopic (exact) mass is 421 g/mol. The third-order valence-corrected chi connectivity index (χ3v) is 12.4. The first-order valence-corrected chi connectivity index (χ1v) is 13.6. The highest BCUT2D eigenvalue weighted by atomic mass is 28.3. The van der Waals surface area contributed by atoms with Crippen molar-refractivity contribution in [2.45, 2.75) is 71.9 Å². The number of benzene rings is 2. The van der Waals surface area contributed by atoms with Gasteiger partial charge in [-0.05, 0) is 76.6 Å². The summed E-state index contributed by atoms with van der Waals surface area (Å²) < 4.78 is 5.08. The average molecular weight is 422 g/mol. The molecule has 0 saturated carbocycles. The zero-order valence-corrected chi connectivity index (χ0v) is 20.1. The van der Waals surface area contributed by atoms with Gasteiger partial charge < -0.3 is 4.74 Å². The highest BCUT2D eigenvalue weighted by molar-refractivity contribution is 7.04. The molecule has 0 aliphatic carbocycles. The first kappa shape index (κ1) is 22.5. The van der Waals surface area contributed by atoms with E-state index in [1.807, 2.05) is 0 Å². The molecule has 4 heteroatoms. The molecule has 3 rings (SSSR count). The van der Waals surface area contributed by atoms with Crippen molar-refractivity contribution in [3.63, 3.8) is 0 Å². The minimum absolute atomic E-state index is 0.487. The molecule has 0 spiro atoms. The highest BCUT2D eigenvalue weighted by Gasteiger charge is 2.44. The van der Waals surface area contributed by atoms with E-state index in [0.717, 1.165) is 42.8 Å². The van der Waals surface area contributed by atoms with Gasteiger partial charge in [-0.25, -0.2) is 4.99 Å². The number of hydrogen-bond acceptors (Lipinski definition) is 3. The summed E-state index contributed by atoms with van der Waals surface area (Å²) in [6.45, 7) is 12.5. The minimum Gasteiger partial charge on any atom is -0.468 e. The molecule has 1 aliphatic rings. The largest absolute Gasteiger partial charge is 0.468 e. The summed E-state index contributed by atoms with van der Waals surface area (Å²) in [5.41, 5.74) is 4.47. The lowest BCUT2D eigenvalue weighted by Gasteiger charge is -2.40. The van der Waals surface area contributed by atoms with Crippen LogP contribution in [-0.4, -0.2) is 21.2 Å². The molecule has 0 amide bonds. The molecular formula is C26H35NO2Si. The van der Waals surface area contributed by atoms with Crippen LogP contribution in [0.3, 0.4) is 0 Å². The molecule has 0 N–H and O–H groups in total. The van der Waals surface area contributed by atoms with Gasteiger partial charge in [0.1, 0.15) is 8.07 Å². The topological polar surface area (TPSA) is 38.7 Å². The van der Waals surface area contributed by atoms with Crippen LogP contribution in [0.5, 0.6) is 0 Å². The van der Waals surface area contributed by atoms with E-state index in [-0.39, 0.29) is 0 Å². The summed E-state index contributed by atoms with van der Waals surface area (Å²) in [6, 6.07) is 12.7. The van der Waals surface area contributed by atoms with Crippen molar-refractivity contribution in [3.8, 4) is 0 Å². The Balaban J connectivity index is 2.30. The maximum atomic E-state index is 10.7. The summed E-state index contributed by atoms with van der Waals surface area (Å²) in [6.07, 6.45) is 6.46. The number of hydrogen-bond donors (Lipinski definition) is 0. The van der Waals surface area contributed by atoms with E-state index < -0.39 is 8.07 Å². The second-order valence-corrected chi connectivity index (χ2v) is 13.4. The smallest absolute Gasteiger partial charge is 0.293 e. The highest BCUT2D eigenvalue weighted by Crippen LogP contribution is 2.32. The maximum absolute atomic E-state index is 10.7. The standard InChI is InChI=1S/C26H35NO2Si/c1-6-9-21-11-12-23-25(16-21)30(19(3)4,14-8-13-29-18-28)26-17-22(10-7-2)20(5)15-24(26)27-23/h9,11-12,15-19H,6-8,10,13-14H2,1-5H3/b21-9+. The maximum Gasteiger partial charge on any atom is 0.293 e.